The van der Waals surface area contributed by atoms with Crippen LogP contribution in [0.3, 0.4) is 0 Å². The Balaban J connectivity index is 1.61. The van der Waals surface area contributed by atoms with E-state index in [1.165, 1.54) is 4.90 Å². The molecule has 0 unspecified atom stereocenters. The Bertz CT molecular complexity index is 1400. The number of fused-ring (bicyclic) bond motifs is 3. The monoisotopic (exact) mass is 441 g/mol. The van der Waals surface area contributed by atoms with Gasteiger partial charge in [0.15, 0.2) is 11.5 Å². The zero-order chi connectivity index (χ0) is 22.9. The van der Waals surface area contributed by atoms with E-state index in [1.54, 1.807) is 20.2 Å². The van der Waals surface area contributed by atoms with Crippen molar-refractivity contribution in [3.63, 3.8) is 0 Å². The summed E-state index contributed by atoms with van der Waals surface area (Å²) in [6, 6.07) is 17.4. The van der Waals surface area contributed by atoms with Gasteiger partial charge in [-0.25, -0.2) is 9.78 Å². The Morgan fingerprint density at radius 1 is 1.09 bits per heavy atom. The number of rotatable bonds is 4. The van der Waals surface area contributed by atoms with Crippen molar-refractivity contribution in [1.82, 2.24) is 9.97 Å². The molecular weight excluding hydrogens is 418 g/mol. The SMILES string of the molecule is COc1ccc(-c2nc(N(C)C(=O)OC3=CCCCC3=O)cc3c2[nH]c2ccccc23)cc1. The summed E-state index contributed by atoms with van der Waals surface area (Å²) in [6.45, 7) is 0. The van der Waals surface area contributed by atoms with Crippen molar-refractivity contribution >= 4 is 39.5 Å². The molecule has 0 atom stereocenters. The predicted octanol–water partition coefficient (Wildman–Crippen LogP) is 5.60. The molecule has 1 N–H and O–H groups in total. The molecule has 0 saturated carbocycles. The minimum absolute atomic E-state index is 0.113. The number of benzene rings is 2. The number of H-pyrrole nitrogens is 1. The fourth-order valence-electron chi connectivity index (χ4n) is 4.05. The Morgan fingerprint density at radius 2 is 1.88 bits per heavy atom. The average molecular weight is 441 g/mol. The summed E-state index contributed by atoms with van der Waals surface area (Å²) in [6.07, 6.45) is 2.92. The number of anilines is 1. The number of aromatic nitrogens is 2. The maximum absolute atomic E-state index is 12.9. The Kier molecular flexibility index (Phi) is 5.30. The largest absolute Gasteiger partial charge is 0.497 e. The number of Topliss-reactive ketones (excluding diaryl/α,β-unsaturated/α-hetero) is 1. The zero-order valence-corrected chi connectivity index (χ0v) is 18.4. The molecule has 2 aromatic carbocycles. The first-order valence-electron chi connectivity index (χ1n) is 10.8. The Morgan fingerprint density at radius 3 is 2.64 bits per heavy atom. The van der Waals surface area contributed by atoms with Crippen molar-refractivity contribution in [2.45, 2.75) is 19.3 Å². The first-order valence-corrected chi connectivity index (χ1v) is 10.8. The highest BCUT2D eigenvalue weighted by molar-refractivity contribution is 6.12. The second-order valence-corrected chi connectivity index (χ2v) is 7.96. The van der Waals surface area contributed by atoms with E-state index in [9.17, 15) is 9.59 Å². The summed E-state index contributed by atoms with van der Waals surface area (Å²) in [4.78, 5) is 34.5. The summed E-state index contributed by atoms with van der Waals surface area (Å²) in [5.74, 6) is 1.13. The van der Waals surface area contributed by atoms with E-state index in [1.807, 2.05) is 54.6 Å². The number of carbonyl (C=O) groups is 2. The van der Waals surface area contributed by atoms with Crippen molar-refractivity contribution < 1.29 is 19.1 Å². The molecule has 7 nitrogen and oxygen atoms in total. The predicted molar refractivity (Wildman–Crippen MR) is 127 cm³/mol. The number of ether oxygens (including phenoxy) is 2. The van der Waals surface area contributed by atoms with Gasteiger partial charge in [-0.2, -0.15) is 0 Å². The molecule has 7 heteroatoms. The topological polar surface area (TPSA) is 84.5 Å². The van der Waals surface area contributed by atoms with Crippen LogP contribution in [0.15, 0.2) is 66.4 Å². The van der Waals surface area contributed by atoms with Crippen LogP contribution >= 0.6 is 0 Å². The summed E-state index contributed by atoms with van der Waals surface area (Å²) in [7, 11) is 3.22. The smallest absolute Gasteiger partial charge is 0.420 e. The number of ketones is 1. The lowest BCUT2D eigenvalue weighted by molar-refractivity contribution is -0.118. The lowest BCUT2D eigenvalue weighted by atomic mass is 10.1. The molecule has 0 aliphatic heterocycles. The van der Waals surface area contributed by atoms with Crippen LogP contribution in [0.2, 0.25) is 0 Å². The minimum atomic E-state index is -0.649. The average Bonchev–Trinajstić information content (AvgIpc) is 3.23. The first-order chi connectivity index (χ1) is 16.0. The number of pyridine rings is 1. The summed E-state index contributed by atoms with van der Waals surface area (Å²) in [5, 5.41) is 1.96. The van der Waals surface area contributed by atoms with Crippen LogP contribution in [0.4, 0.5) is 10.6 Å². The summed E-state index contributed by atoms with van der Waals surface area (Å²) < 4.78 is 10.7. The van der Waals surface area contributed by atoms with E-state index in [2.05, 4.69) is 4.98 Å². The lowest BCUT2D eigenvalue weighted by Gasteiger charge is -2.19. The van der Waals surface area contributed by atoms with Gasteiger partial charge >= 0.3 is 6.09 Å². The van der Waals surface area contributed by atoms with Crippen LogP contribution in [0.5, 0.6) is 5.75 Å². The number of aromatic amines is 1. The molecular formula is C26H23N3O4. The number of allylic oxidation sites excluding steroid dienone is 2. The number of nitrogens with one attached hydrogen (secondary N) is 1. The van der Waals surface area contributed by atoms with Gasteiger partial charge in [0.1, 0.15) is 11.6 Å². The lowest BCUT2D eigenvalue weighted by Crippen LogP contribution is -2.29. The number of carbonyl (C=O) groups excluding carboxylic acids is 2. The molecule has 1 amide bonds. The summed E-state index contributed by atoms with van der Waals surface area (Å²) >= 11 is 0. The molecule has 166 valence electrons. The van der Waals surface area contributed by atoms with Crippen LogP contribution in [-0.2, 0) is 9.53 Å². The van der Waals surface area contributed by atoms with E-state index < -0.39 is 6.09 Å². The molecule has 2 heterocycles. The number of para-hydroxylation sites is 1. The number of methoxy groups -OCH3 is 1. The Hall–Kier alpha value is -4.13. The fourth-order valence-corrected chi connectivity index (χ4v) is 4.05. The van der Waals surface area contributed by atoms with E-state index in [-0.39, 0.29) is 11.5 Å². The fraction of sp³-hybridized carbons (Fsp3) is 0.192. The molecule has 1 aliphatic carbocycles. The van der Waals surface area contributed by atoms with Crippen LogP contribution in [0.1, 0.15) is 19.3 Å². The van der Waals surface area contributed by atoms with Gasteiger partial charge in [0.25, 0.3) is 0 Å². The number of hydrogen-bond acceptors (Lipinski definition) is 5. The van der Waals surface area contributed by atoms with Crippen molar-refractivity contribution in [3.8, 4) is 17.0 Å². The van der Waals surface area contributed by atoms with Gasteiger partial charge in [0.2, 0.25) is 0 Å². The molecule has 33 heavy (non-hydrogen) atoms. The second-order valence-electron chi connectivity index (χ2n) is 7.96. The maximum atomic E-state index is 12.9. The number of hydrogen-bond donors (Lipinski definition) is 1. The van der Waals surface area contributed by atoms with Crippen molar-refractivity contribution in [2.24, 2.45) is 0 Å². The minimum Gasteiger partial charge on any atom is -0.497 e. The molecule has 0 fully saturated rings. The third-order valence-electron chi connectivity index (χ3n) is 5.87. The number of amides is 1. The molecule has 0 radical (unpaired) electrons. The van der Waals surface area contributed by atoms with Gasteiger partial charge in [-0.05, 0) is 55.3 Å². The molecule has 0 spiro atoms. The molecule has 0 saturated heterocycles. The highest BCUT2D eigenvalue weighted by atomic mass is 16.6. The van der Waals surface area contributed by atoms with E-state index in [0.717, 1.165) is 46.0 Å². The van der Waals surface area contributed by atoms with Crippen LogP contribution in [-0.4, -0.2) is 36.0 Å². The highest BCUT2D eigenvalue weighted by Gasteiger charge is 2.23. The third kappa shape index (κ3) is 3.82. The Labute approximate surface area is 190 Å². The molecule has 2 aromatic heterocycles. The van der Waals surface area contributed by atoms with Crippen molar-refractivity contribution in [1.29, 1.82) is 0 Å². The first kappa shape index (κ1) is 20.8. The van der Waals surface area contributed by atoms with Crippen molar-refractivity contribution in [2.75, 3.05) is 19.1 Å². The van der Waals surface area contributed by atoms with Gasteiger partial charge < -0.3 is 14.5 Å². The van der Waals surface area contributed by atoms with Crippen LogP contribution in [0.25, 0.3) is 33.1 Å². The van der Waals surface area contributed by atoms with Gasteiger partial charge in [0, 0.05) is 35.3 Å². The van der Waals surface area contributed by atoms with Crippen molar-refractivity contribution in [3.05, 3.63) is 66.4 Å². The molecule has 4 aromatic rings. The van der Waals surface area contributed by atoms with Gasteiger partial charge in [-0.15, -0.1) is 0 Å². The standard InChI is InChI=1S/C26H23N3O4/c1-29(26(31)33-22-10-6-5-9-21(22)30)23-15-19-18-7-3-4-8-20(18)27-25(19)24(28-23)16-11-13-17(32-2)14-12-16/h3-4,7-8,10-15,27H,5-6,9H2,1-2H3. The van der Waals surface area contributed by atoms with Gasteiger partial charge in [0.05, 0.1) is 18.3 Å². The summed E-state index contributed by atoms with van der Waals surface area (Å²) in [5.41, 5.74) is 3.43. The van der Waals surface area contributed by atoms with Gasteiger partial charge in [-0.3, -0.25) is 9.69 Å². The molecule has 1 aliphatic rings. The maximum Gasteiger partial charge on any atom is 0.420 e. The zero-order valence-electron chi connectivity index (χ0n) is 18.4. The van der Waals surface area contributed by atoms with E-state index in [4.69, 9.17) is 14.5 Å². The van der Waals surface area contributed by atoms with Crippen LogP contribution in [0, 0.1) is 0 Å². The van der Waals surface area contributed by atoms with Crippen LogP contribution < -0.4 is 9.64 Å². The number of nitrogens with zero attached hydrogens (tertiary/aromatic N) is 2. The second kappa shape index (κ2) is 8.43. The normalized spacial score (nSPS) is 13.8. The highest BCUT2D eigenvalue weighted by Crippen LogP contribution is 2.35. The van der Waals surface area contributed by atoms with E-state index in [0.29, 0.717) is 17.9 Å². The van der Waals surface area contributed by atoms with Gasteiger partial charge in [-0.1, -0.05) is 18.2 Å². The third-order valence-corrected chi connectivity index (χ3v) is 5.87. The molecule has 0 bridgehead atoms. The van der Waals surface area contributed by atoms with E-state index >= 15 is 0 Å². The quantitative estimate of drug-likeness (QED) is 0.446. The molecule has 5 rings (SSSR count).